The van der Waals surface area contributed by atoms with E-state index in [-0.39, 0.29) is 17.3 Å². The van der Waals surface area contributed by atoms with Crippen molar-refractivity contribution >= 4 is 15.7 Å². The molecule has 0 bridgehead atoms. The Morgan fingerprint density at radius 3 is 2.37 bits per heavy atom. The lowest BCUT2D eigenvalue weighted by Gasteiger charge is -2.28. The van der Waals surface area contributed by atoms with E-state index < -0.39 is 10.0 Å². The Hall–Kier alpha value is -3.10. The molecule has 0 saturated carbocycles. The summed E-state index contributed by atoms with van der Waals surface area (Å²) in [5.41, 5.74) is 5.19. The first-order chi connectivity index (χ1) is 14.4. The van der Waals surface area contributed by atoms with Crippen molar-refractivity contribution in [1.82, 2.24) is 18.9 Å². The number of aromatic nitrogens is 3. The van der Waals surface area contributed by atoms with Gasteiger partial charge in [0, 0.05) is 37.3 Å². The van der Waals surface area contributed by atoms with E-state index in [1.165, 1.54) is 16.4 Å². The normalized spacial score (nSPS) is 14.7. The molecule has 30 heavy (non-hydrogen) atoms. The second-order valence-electron chi connectivity index (χ2n) is 7.41. The molecular weight excluding hydrogens is 403 g/mol. The summed E-state index contributed by atoms with van der Waals surface area (Å²) >= 11 is 0. The number of hydrogen-bond donors (Lipinski definition) is 0. The molecule has 0 amide bonds. The quantitative estimate of drug-likeness (QED) is 0.506. The van der Waals surface area contributed by atoms with Crippen LogP contribution in [0.4, 0.5) is 4.39 Å². The molecule has 0 radical (unpaired) electrons. The highest BCUT2D eigenvalue weighted by Gasteiger charge is 2.30. The zero-order valence-corrected chi connectivity index (χ0v) is 17.1. The van der Waals surface area contributed by atoms with Crippen molar-refractivity contribution in [3.63, 3.8) is 0 Å². The Morgan fingerprint density at radius 1 is 1.00 bits per heavy atom. The van der Waals surface area contributed by atoms with Gasteiger partial charge in [0.1, 0.15) is 5.82 Å². The van der Waals surface area contributed by atoms with Crippen LogP contribution in [0.5, 0.6) is 0 Å². The number of nitrogens with zero attached hydrogens (tertiary/aromatic N) is 4. The summed E-state index contributed by atoms with van der Waals surface area (Å²) < 4.78 is 42.8. The molecule has 0 atom stereocenters. The Bertz CT molecular complexity index is 1350. The van der Waals surface area contributed by atoms with Crippen LogP contribution in [0.1, 0.15) is 17.0 Å². The molecule has 0 N–H and O–H groups in total. The van der Waals surface area contributed by atoms with Gasteiger partial charge in [-0.05, 0) is 42.3 Å². The lowest BCUT2D eigenvalue weighted by atomic mass is 10.1. The molecule has 2 aromatic heterocycles. The molecule has 0 fully saturated rings. The molecule has 0 unspecified atom stereocenters. The molecular formula is C22H19FN4O2S. The molecule has 0 aliphatic carbocycles. The minimum absolute atomic E-state index is 0.237. The third kappa shape index (κ3) is 3.18. The Morgan fingerprint density at radius 2 is 1.67 bits per heavy atom. The summed E-state index contributed by atoms with van der Waals surface area (Å²) in [6, 6.07) is 14.7. The lowest BCUT2D eigenvalue weighted by Crippen LogP contribution is -2.37. The second kappa shape index (κ2) is 7.00. The van der Waals surface area contributed by atoms with Crippen LogP contribution in [0.3, 0.4) is 0 Å². The maximum absolute atomic E-state index is 13.2. The first-order valence-corrected chi connectivity index (χ1v) is 11.1. The van der Waals surface area contributed by atoms with Crippen LogP contribution in [0, 0.1) is 12.7 Å². The number of fused-ring (bicyclic) bond motifs is 3. The minimum Gasteiger partial charge on any atom is -0.237 e. The van der Waals surface area contributed by atoms with Crippen LogP contribution in [0.15, 0.2) is 65.7 Å². The Kier molecular flexibility index (Phi) is 4.41. The molecule has 0 spiro atoms. The van der Waals surface area contributed by atoms with Gasteiger partial charge in [-0.1, -0.05) is 24.3 Å². The molecule has 4 aromatic rings. The van der Waals surface area contributed by atoms with Crippen molar-refractivity contribution in [2.75, 3.05) is 6.54 Å². The Labute approximate surface area is 173 Å². The zero-order chi connectivity index (χ0) is 20.9. The summed E-state index contributed by atoms with van der Waals surface area (Å²) in [5.74, 6) is -0.305. The molecule has 5 rings (SSSR count). The van der Waals surface area contributed by atoms with Gasteiger partial charge in [-0.15, -0.1) is 0 Å². The number of hydrogen-bond acceptors (Lipinski definition) is 4. The molecule has 3 heterocycles. The van der Waals surface area contributed by atoms with Crippen LogP contribution in [-0.4, -0.2) is 33.9 Å². The molecule has 152 valence electrons. The highest BCUT2D eigenvalue weighted by Crippen LogP contribution is 2.27. The van der Waals surface area contributed by atoms with Crippen LogP contribution in [0.2, 0.25) is 0 Å². The largest absolute Gasteiger partial charge is 0.243 e. The molecule has 1 aliphatic heterocycles. The highest BCUT2D eigenvalue weighted by molar-refractivity contribution is 7.89. The summed E-state index contributed by atoms with van der Waals surface area (Å²) in [7, 11) is -3.64. The van der Waals surface area contributed by atoms with Gasteiger partial charge in [-0.25, -0.2) is 22.3 Å². The van der Waals surface area contributed by atoms with E-state index in [1.54, 1.807) is 42.6 Å². The van der Waals surface area contributed by atoms with Gasteiger partial charge in [-0.2, -0.15) is 9.40 Å². The fourth-order valence-corrected chi connectivity index (χ4v) is 5.26. The van der Waals surface area contributed by atoms with Gasteiger partial charge in [0.05, 0.1) is 16.3 Å². The van der Waals surface area contributed by atoms with E-state index in [2.05, 4.69) is 10.1 Å². The summed E-state index contributed by atoms with van der Waals surface area (Å²) in [5, 5.41) is 4.48. The van der Waals surface area contributed by atoms with E-state index >= 15 is 0 Å². The maximum atomic E-state index is 13.2. The highest BCUT2D eigenvalue weighted by atomic mass is 32.2. The SMILES string of the molecule is Cc1cc2ncc3c(n2n1)CCN(S(=O)(=O)c1ccc(-c2ccc(F)cc2)cc1)C3. The third-order valence-corrected chi connectivity index (χ3v) is 7.27. The number of aryl methyl sites for hydroxylation is 1. The van der Waals surface area contributed by atoms with E-state index in [1.807, 2.05) is 17.5 Å². The van der Waals surface area contributed by atoms with Crippen molar-refractivity contribution in [3.05, 3.63) is 83.6 Å². The summed E-state index contributed by atoms with van der Waals surface area (Å²) in [6.45, 7) is 2.56. The average Bonchev–Trinajstić information content (AvgIpc) is 3.15. The van der Waals surface area contributed by atoms with Crippen LogP contribution < -0.4 is 0 Å². The zero-order valence-electron chi connectivity index (χ0n) is 16.3. The topological polar surface area (TPSA) is 67.6 Å². The predicted octanol–water partition coefficient (Wildman–Crippen LogP) is 3.59. The Balaban J connectivity index is 1.43. The van der Waals surface area contributed by atoms with Gasteiger partial charge >= 0.3 is 0 Å². The van der Waals surface area contributed by atoms with Gasteiger partial charge in [0.25, 0.3) is 0 Å². The van der Waals surface area contributed by atoms with E-state index in [0.29, 0.717) is 13.0 Å². The fraction of sp³-hybridized carbons (Fsp3) is 0.182. The van der Waals surface area contributed by atoms with Gasteiger partial charge in [0.2, 0.25) is 10.0 Å². The molecule has 2 aromatic carbocycles. The smallest absolute Gasteiger partial charge is 0.237 e. The molecule has 6 nitrogen and oxygen atoms in total. The van der Waals surface area contributed by atoms with Crippen LogP contribution in [0.25, 0.3) is 16.8 Å². The fourth-order valence-electron chi connectivity index (χ4n) is 3.85. The van der Waals surface area contributed by atoms with Gasteiger partial charge in [0.15, 0.2) is 5.65 Å². The lowest BCUT2D eigenvalue weighted by molar-refractivity contribution is 0.384. The van der Waals surface area contributed by atoms with Crippen molar-refractivity contribution in [3.8, 4) is 11.1 Å². The van der Waals surface area contributed by atoms with Crippen LogP contribution in [-0.2, 0) is 23.0 Å². The maximum Gasteiger partial charge on any atom is 0.243 e. The molecule has 8 heteroatoms. The summed E-state index contributed by atoms with van der Waals surface area (Å²) in [6.07, 6.45) is 2.31. The van der Waals surface area contributed by atoms with E-state index in [4.69, 9.17) is 0 Å². The van der Waals surface area contributed by atoms with E-state index in [0.717, 1.165) is 33.7 Å². The number of benzene rings is 2. The summed E-state index contributed by atoms with van der Waals surface area (Å²) in [4.78, 5) is 4.65. The van der Waals surface area contributed by atoms with Crippen molar-refractivity contribution < 1.29 is 12.8 Å². The van der Waals surface area contributed by atoms with Crippen molar-refractivity contribution in [2.45, 2.75) is 24.8 Å². The van der Waals surface area contributed by atoms with Crippen molar-refractivity contribution in [1.29, 1.82) is 0 Å². The number of halogens is 1. The monoisotopic (exact) mass is 422 g/mol. The second-order valence-corrected chi connectivity index (χ2v) is 9.34. The number of sulfonamides is 1. The third-order valence-electron chi connectivity index (χ3n) is 5.41. The van der Waals surface area contributed by atoms with Gasteiger partial charge < -0.3 is 0 Å². The molecule has 1 aliphatic rings. The van der Waals surface area contributed by atoms with Crippen LogP contribution >= 0.6 is 0 Å². The standard InChI is InChI=1S/C22H19FN4O2S/c1-15-12-22-24-13-18-14-26(11-10-21(18)27(22)25-15)30(28,29)20-8-4-17(5-9-20)16-2-6-19(23)7-3-16/h2-9,12-13H,10-11,14H2,1H3. The predicted molar refractivity (Wildman–Crippen MR) is 111 cm³/mol. The van der Waals surface area contributed by atoms with Crippen molar-refractivity contribution in [2.24, 2.45) is 0 Å². The average molecular weight is 422 g/mol. The first-order valence-electron chi connectivity index (χ1n) is 9.61. The first kappa shape index (κ1) is 18.9. The minimum atomic E-state index is -3.64. The van der Waals surface area contributed by atoms with Gasteiger partial charge in [-0.3, -0.25) is 0 Å². The molecule has 0 saturated heterocycles. The van der Waals surface area contributed by atoms with E-state index in [9.17, 15) is 12.8 Å². The number of rotatable bonds is 3.